The Balaban J connectivity index is 2.22. The highest BCUT2D eigenvalue weighted by molar-refractivity contribution is 4.97. The van der Waals surface area contributed by atoms with Crippen molar-refractivity contribution in [2.45, 2.75) is 258 Å². The lowest BCUT2D eigenvalue weighted by atomic mass is 10.0. The van der Waals surface area contributed by atoms with Crippen molar-refractivity contribution in [1.29, 1.82) is 0 Å². The number of unbranched alkanes of at least 4 members (excludes halogenated alkanes) is 32. The molecule has 0 fully saturated rings. The highest BCUT2D eigenvalue weighted by Crippen LogP contribution is 2.24. The van der Waals surface area contributed by atoms with E-state index in [0.717, 1.165) is 0 Å². The zero-order valence-corrected chi connectivity index (χ0v) is 32.5. The molecule has 46 heavy (non-hydrogen) atoms. The van der Waals surface area contributed by atoms with E-state index in [-0.39, 0.29) is 0 Å². The third-order valence-corrected chi connectivity index (χ3v) is 10.8. The molecule has 1 rings (SSSR count). The molecular formula is C44H88N2. The van der Waals surface area contributed by atoms with Gasteiger partial charge in [0.05, 0.1) is 0 Å². The second kappa shape index (κ2) is 35.6. The molecule has 2 heteroatoms. The predicted octanol–water partition coefficient (Wildman–Crippen LogP) is 15.5. The van der Waals surface area contributed by atoms with Crippen molar-refractivity contribution in [1.82, 2.24) is 9.80 Å². The summed E-state index contributed by atoms with van der Waals surface area (Å²) in [6.07, 6.45) is 57.4. The summed E-state index contributed by atoms with van der Waals surface area (Å²) in [5.41, 5.74) is 0. The van der Waals surface area contributed by atoms with Gasteiger partial charge in [-0.15, -0.1) is 0 Å². The lowest BCUT2D eigenvalue weighted by Crippen LogP contribution is -2.39. The third kappa shape index (κ3) is 27.3. The lowest BCUT2D eigenvalue weighted by Gasteiger charge is -2.33. The molecule has 1 atom stereocenters. The molecule has 1 aliphatic heterocycles. The second-order valence-corrected chi connectivity index (χ2v) is 15.4. The van der Waals surface area contributed by atoms with Crippen LogP contribution in [0.15, 0.2) is 12.4 Å². The van der Waals surface area contributed by atoms with E-state index in [0.29, 0.717) is 6.17 Å². The van der Waals surface area contributed by atoms with E-state index < -0.39 is 0 Å². The van der Waals surface area contributed by atoms with Gasteiger partial charge in [-0.3, -0.25) is 0 Å². The fourth-order valence-electron chi connectivity index (χ4n) is 7.60. The van der Waals surface area contributed by atoms with Crippen LogP contribution < -0.4 is 0 Å². The quantitative estimate of drug-likeness (QED) is 0.0617. The monoisotopic (exact) mass is 645 g/mol. The molecule has 274 valence electrons. The third-order valence-electron chi connectivity index (χ3n) is 10.8. The molecule has 0 aromatic heterocycles. The molecule has 0 saturated carbocycles. The van der Waals surface area contributed by atoms with Gasteiger partial charge in [0.15, 0.2) is 0 Å². The van der Waals surface area contributed by atoms with Gasteiger partial charge in [-0.1, -0.05) is 226 Å². The van der Waals surface area contributed by atoms with E-state index in [1.807, 2.05) is 0 Å². The summed E-state index contributed by atoms with van der Waals surface area (Å²) in [7, 11) is 0. The minimum atomic E-state index is 0.638. The zero-order chi connectivity index (χ0) is 33.0. The molecule has 1 heterocycles. The minimum absolute atomic E-state index is 0.638. The van der Waals surface area contributed by atoms with E-state index in [4.69, 9.17) is 0 Å². The van der Waals surface area contributed by atoms with Crippen LogP contribution in [0.25, 0.3) is 0 Å². The van der Waals surface area contributed by atoms with Crippen LogP contribution in [0.1, 0.15) is 252 Å². The van der Waals surface area contributed by atoms with Crippen LogP contribution in [0.3, 0.4) is 0 Å². The standard InChI is InChI=1S/C44H88N2/c1-4-7-10-13-16-19-22-24-27-30-33-36-39-44-45(40-37-34-31-28-25-21-18-15-12-9-6-3)42-43-46(44)41-38-35-32-29-26-23-20-17-14-11-8-5-2/h42-44H,4-41H2,1-3H3. The first-order valence-electron chi connectivity index (χ1n) is 22.0. The summed E-state index contributed by atoms with van der Waals surface area (Å²) >= 11 is 0. The van der Waals surface area contributed by atoms with E-state index >= 15 is 0 Å². The van der Waals surface area contributed by atoms with Crippen LogP contribution in [-0.4, -0.2) is 29.1 Å². The minimum Gasteiger partial charge on any atom is -0.356 e. The van der Waals surface area contributed by atoms with Gasteiger partial charge in [0.2, 0.25) is 0 Å². The Labute approximate surface area is 292 Å². The van der Waals surface area contributed by atoms with Gasteiger partial charge < -0.3 is 9.80 Å². The molecule has 0 saturated heterocycles. The first-order valence-corrected chi connectivity index (χ1v) is 22.0. The topological polar surface area (TPSA) is 6.48 Å². The summed E-state index contributed by atoms with van der Waals surface area (Å²) in [6.45, 7) is 9.49. The molecule has 0 aromatic rings. The fraction of sp³-hybridized carbons (Fsp3) is 0.955. The molecule has 0 amide bonds. The molecule has 0 aliphatic carbocycles. The van der Waals surface area contributed by atoms with Gasteiger partial charge in [-0.25, -0.2) is 0 Å². The maximum Gasteiger partial charge on any atom is 0.101 e. The average Bonchev–Trinajstić information content (AvgIpc) is 3.45. The van der Waals surface area contributed by atoms with Crippen LogP contribution in [-0.2, 0) is 0 Å². The van der Waals surface area contributed by atoms with Crippen molar-refractivity contribution in [2.75, 3.05) is 13.1 Å². The van der Waals surface area contributed by atoms with Crippen molar-refractivity contribution in [3.63, 3.8) is 0 Å². The molecule has 1 aliphatic rings. The van der Waals surface area contributed by atoms with Gasteiger partial charge >= 0.3 is 0 Å². The molecule has 2 nitrogen and oxygen atoms in total. The maximum absolute atomic E-state index is 2.73. The number of nitrogens with zero attached hydrogens (tertiary/aromatic N) is 2. The zero-order valence-electron chi connectivity index (χ0n) is 32.5. The molecule has 0 bridgehead atoms. The molecular weight excluding hydrogens is 556 g/mol. The van der Waals surface area contributed by atoms with Crippen molar-refractivity contribution in [3.8, 4) is 0 Å². The van der Waals surface area contributed by atoms with Crippen molar-refractivity contribution < 1.29 is 0 Å². The smallest absolute Gasteiger partial charge is 0.101 e. The Morgan fingerprint density at radius 2 is 0.500 bits per heavy atom. The Hall–Kier alpha value is -0.660. The average molecular weight is 645 g/mol. The Kier molecular flexibility index (Phi) is 33.6. The van der Waals surface area contributed by atoms with E-state index in [1.165, 1.54) is 244 Å². The van der Waals surface area contributed by atoms with Crippen LogP contribution in [0.2, 0.25) is 0 Å². The summed E-state index contributed by atoms with van der Waals surface area (Å²) in [4.78, 5) is 5.46. The summed E-state index contributed by atoms with van der Waals surface area (Å²) in [5, 5.41) is 0. The first-order chi connectivity index (χ1) is 22.8. The largest absolute Gasteiger partial charge is 0.356 e. The van der Waals surface area contributed by atoms with Gasteiger partial charge in [0.1, 0.15) is 6.17 Å². The first kappa shape index (κ1) is 43.4. The highest BCUT2D eigenvalue weighted by Gasteiger charge is 2.24. The van der Waals surface area contributed by atoms with Crippen molar-refractivity contribution in [3.05, 3.63) is 12.4 Å². The molecule has 0 aromatic carbocycles. The van der Waals surface area contributed by atoms with Gasteiger partial charge in [0, 0.05) is 25.5 Å². The lowest BCUT2D eigenvalue weighted by molar-refractivity contribution is 0.135. The van der Waals surface area contributed by atoms with Crippen LogP contribution in [0.4, 0.5) is 0 Å². The summed E-state index contributed by atoms with van der Waals surface area (Å²) in [5.74, 6) is 0. The summed E-state index contributed by atoms with van der Waals surface area (Å²) < 4.78 is 0. The Morgan fingerprint density at radius 3 is 0.761 bits per heavy atom. The van der Waals surface area contributed by atoms with E-state index in [1.54, 1.807) is 0 Å². The number of hydrogen-bond donors (Lipinski definition) is 0. The number of rotatable bonds is 38. The van der Waals surface area contributed by atoms with Crippen LogP contribution in [0.5, 0.6) is 0 Å². The van der Waals surface area contributed by atoms with Gasteiger partial charge in [-0.05, 0) is 25.7 Å². The maximum atomic E-state index is 2.73. The summed E-state index contributed by atoms with van der Waals surface area (Å²) in [6, 6.07) is 0. The Bertz CT molecular complexity index is 601. The number of hydrogen-bond acceptors (Lipinski definition) is 2. The van der Waals surface area contributed by atoms with Crippen molar-refractivity contribution in [2.24, 2.45) is 0 Å². The van der Waals surface area contributed by atoms with Gasteiger partial charge in [0.25, 0.3) is 0 Å². The fourth-order valence-corrected chi connectivity index (χ4v) is 7.60. The normalized spacial score (nSPS) is 14.7. The predicted molar refractivity (Wildman–Crippen MR) is 210 cm³/mol. The molecule has 0 radical (unpaired) electrons. The second-order valence-electron chi connectivity index (χ2n) is 15.4. The van der Waals surface area contributed by atoms with Gasteiger partial charge in [-0.2, -0.15) is 0 Å². The van der Waals surface area contributed by atoms with Crippen molar-refractivity contribution >= 4 is 0 Å². The van der Waals surface area contributed by atoms with E-state index in [9.17, 15) is 0 Å². The van der Waals surface area contributed by atoms with Crippen LogP contribution >= 0.6 is 0 Å². The molecule has 0 spiro atoms. The Morgan fingerprint density at radius 1 is 0.283 bits per heavy atom. The van der Waals surface area contributed by atoms with E-state index in [2.05, 4.69) is 43.0 Å². The highest BCUT2D eigenvalue weighted by atomic mass is 15.4. The van der Waals surface area contributed by atoms with Crippen LogP contribution in [0, 0.1) is 0 Å². The molecule has 0 N–H and O–H groups in total. The SMILES string of the molecule is CCCCCCCCCCCCCCC1N(CCCCCCCCCCCCC)C=CN1CCCCCCCCCCCCCC. The molecule has 1 unspecified atom stereocenters.